The summed E-state index contributed by atoms with van der Waals surface area (Å²) >= 11 is 2.67. The van der Waals surface area contributed by atoms with Crippen molar-refractivity contribution in [1.82, 2.24) is 24.3 Å². The van der Waals surface area contributed by atoms with Crippen LogP contribution in [0.2, 0.25) is 0 Å². The van der Waals surface area contributed by atoms with E-state index in [9.17, 15) is 0 Å². The van der Waals surface area contributed by atoms with E-state index in [2.05, 4.69) is 29.7 Å². The molecule has 0 spiro atoms. The topological polar surface area (TPSA) is 106 Å². The molecule has 0 saturated carbocycles. The van der Waals surface area contributed by atoms with Crippen LogP contribution in [0.4, 0.5) is 11.9 Å². The molecule has 8 nitrogen and oxygen atoms in total. The van der Waals surface area contributed by atoms with Gasteiger partial charge in [-0.15, -0.1) is 0 Å². The van der Waals surface area contributed by atoms with Gasteiger partial charge in [0.15, 0.2) is 4.34 Å². The van der Waals surface area contributed by atoms with Gasteiger partial charge in [0.2, 0.25) is 17.1 Å². The molecule has 0 fully saturated rings. The van der Waals surface area contributed by atoms with Gasteiger partial charge in [-0.3, -0.25) is 5.43 Å². The second kappa shape index (κ2) is 6.77. The number of hydrazine groups is 1. The number of nitrogens with one attached hydrogen (secondary N) is 1. The van der Waals surface area contributed by atoms with E-state index in [4.69, 9.17) is 5.84 Å². The summed E-state index contributed by atoms with van der Waals surface area (Å²) in [7, 11) is 0. The molecule has 2 aromatic heterocycles. The van der Waals surface area contributed by atoms with E-state index in [1.165, 1.54) is 23.3 Å². The zero-order valence-electron chi connectivity index (χ0n) is 11.5. The van der Waals surface area contributed by atoms with Crippen LogP contribution in [0.15, 0.2) is 9.50 Å². The first-order chi connectivity index (χ1) is 9.66. The zero-order valence-corrected chi connectivity index (χ0v) is 13.1. The van der Waals surface area contributed by atoms with Crippen molar-refractivity contribution in [1.29, 1.82) is 0 Å². The summed E-state index contributed by atoms with van der Waals surface area (Å²) in [6, 6.07) is 0. The van der Waals surface area contributed by atoms with Crippen LogP contribution < -0.4 is 16.2 Å². The number of nitrogens with zero attached hydrogens (tertiary/aromatic N) is 6. The van der Waals surface area contributed by atoms with Gasteiger partial charge in [-0.1, -0.05) is 0 Å². The number of anilines is 2. The Morgan fingerprint density at radius 1 is 1.20 bits per heavy atom. The molecule has 0 aliphatic heterocycles. The van der Waals surface area contributed by atoms with E-state index in [-0.39, 0.29) is 0 Å². The molecule has 0 aromatic carbocycles. The molecule has 0 bridgehead atoms. The van der Waals surface area contributed by atoms with Crippen molar-refractivity contribution in [2.75, 3.05) is 23.4 Å². The molecule has 0 unspecified atom stereocenters. The molecule has 108 valence electrons. The smallest absolute Gasteiger partial charge is 0.242 e. The molecule has 0 atom stereocenters. The van der Waals surface area contributed by atoms with Gasteiger partial charge < -0.3 is 4.90 Å². The third-order valence-electron chi connectivity index (χ3n) is 2.47. The number of hydrogen-bond acceptors (Lipinski definition) is 10. The Morgan fingerprint density at radius 3 is 2.50 bits per heavy atom. The van der Waals surface area contributed by atoms with Gasteiger partial charge in [-0.25, -0.2) is 10.8 Å². The molecule has 2 aromatic rings. The minimum atomic E-state index is 0.339. The molecule has 3 N–H and O–H groups in total. The summed E-state index contributed by atoms with van der Waals surface area (Å²) in [5, 5.41) is 0.547. The average molecular weight is 312 g/mol. The highest BCUT2D eigenvalue weighted by molar-refractivity contribution is 8.00. The van der Waals surface area contributed by atoms with Gasteiger partial charge in [0.05, 0.1) is 0 Å². The number of aromatic nitrogens is 5. The van der Waals surface area contributed by atoms with Crippen LogP contribution in [0.5, 0.6) is 0 Å². The Morgan fingerprint density at radius 2 is 1.95 bits per heavy atom. The molecular weight excluding hydrogens is 296 g/mol. The maximum absolute atomic E-state index is 5.41. The maximum Gasteiger partial charge on any atom is 0.242 e. The van der Waals surface area contributed by atoms with Crippen LogP contribution >= 0.6 is 23.3 Å². The number of hydrogen-bond donors (Lipinski definition) is 2. The fraction of sp³-hybridized carbons (Fsp3) is 0.500. The Bertz CT molecular complexity index is 568. The average Bonchev–Trinajstić information content (AvgIpc) is 2.85. The summed E-state index contributed by atoms with van der Waals surface area (Å²) in [5.41, 5.74) is 2.47. The number of rotatable bonds is 6. The van der Waals surface area contributed by atoms with Crippen LogP contribution in [0, 0.1) is 6.92 Å². The van der Waals surface area contributed by atoms with Gasteiger partial charge >= 0.3 is 0 Å². The predicted molar refractivity (Wildman–Crippen MR) is 80.0 cm³/mol. The lowest BCUT2D eigenvalue weighted by molar-refractivity contribution is 0.783. The summed E-state index contributed by atoms with van der Waals surface area (Å²) < 4.78 is 4.93. The standard InChI is InChI=1S/C10H16N8S2/c1-4-18(5-2)8-13-7(16-11)14-9(15-8)19-10-12-6(3)17-20-10/h4-5,11H2,1-3H3,(H,13,14,15,16). The first-order valence-corrected chi connectivity index (χ1v) is 7.71. The van der Waals surface area contributed by atoms with Crippen molar-refractivity contribution in [3.05, 3.63) is 5.82 Å². The van der Waals surface area contributed by atoms with Gasteiger partial charge in [-0.05, 0) is 44.1 Å². The highest BCUT2D eigenvalue weighted by Gasteiger charge is 2.13. The lowest BCUT2D eigenvalue weighted by atomic mass is 10.5. The number of nitrogens with two attached hydrogens (primary N) is 1. The largest absolute Gasteiger partial charge is 0.341 e. The summed E-state index contributed by atoms with van der Waals surface area (Å²) in [4.78, 5) is 19.2. The molecular formula is C10H16N8S2. The summed E-state index contributed by atoms with van der Waals surface area (Å²) in [6.07, 6.45) is 0. The van der Waals surface area contributed by atoms with Crippen LogP contribution in [0.1, 0.15) is 19.7 Å². The van der Waals surface area contributed by atoms with E-state index in [0.717, 1.165) is 23.3 Å². The first kappa shape index (κ1) is 14.9. The molecule has 2 rings (SSSR count). The van der Waals surface area contributed by atoms with E-state index in [1.807, 2.05) is 25.7 Å². The molecule has 0 aliphatic rings. The fourth-order valence-corrected chi connectivity index (χ4v) is 3.00. The maximum atomic E-state index is 5.41. The third kappa shape index (κ3) is 3.52. The lowest BCUT2D eigenvalue weighted by Gasteiger charge is -2.18. The van der Waals surface area contributed by atoms with Crippen molar-refractivity contribution in [2.24, 2.45) is 5.84 Å². The van der Waals surface area contributed by atoms with Crippen LogP contribution in [0.25, 0.3) is 0 Å². The second-order valence-electron chi connectivity index (χ2n) is 3.77. The van der Waals surface area contributed by atoms with E-state index in [0.29, 0.717) is 17.1 Å². The quantitative estimate of drug-likeness (QED) is 0.603. The van der Waals surface area contributed by atoms with Crippen molar-refractivity contribution >= 4 is 35.2 Å². The number of aryl methyl sites for hydroxylation is 1. The van der Waals surface area contributed by atoms with E-state index < -0.39 is 0 Å². The van der Waals surface area contributed by atoms with E-state index >= 15 is 0 Å². The Labute approximate surface area is 125 Å². The van der Waals surface area contributed by atoms with Crippen LogP contribution in [0.3, 0.4) is 0 Å². The van der Waals surface area contributed by atoms with Gasteiger partial charge in [0.1, 0.15) is 5.82 Å². The molecule has 0 saturated heterocycles. The molecule has 2 heterocycles. The van der Waals surface area contributed by atoms with Crippen molar-refractivity contribution < 1.29 is 0 Å². The number of nitrogen functional groups attached to an aromatic ring is 1. The van der Waals surface area contributed by atoms with Crippen molar-refractivity contribution in [3.8, 4) is 0 Å². The molecule has 0 amide bonds. The molecule has 0 radical (unpaired) electrons. The van der Waals surface area contributed by atoms with Gasteiger partial charge in [-0.2, -0.15) is 19.3 Å². The molecule has 0 aliphatic carbocycles. The third-order valence-corrected chi connectivity index (χ3v) is 4.17. The highest BCUT2D eigenvalue weighted by atomic mass is 32.2. The lowest BCUT2D eigenvalue weighted by Crippen LogP contribution is -2.25. The van der Waals surface area contributed by atoms with Gasteiger partial charge in [0, 0.05) is 13.1 Å². The van der Waals surface area contributed by atoms with Crippen molar-refractivity contribution in [3.63, 3.8) is 0 Å². The van der Waals surface area contributed by atoms with Gasteiger partial charge in [0.25, 0.3) is 0 Å². The Hall–Kier alpha value is -1.52. The zero-order chi connectivity index (χ0) is 14.5. The van der Waals surface area contributed by atoms with Crippen LogP contribution in [-0.2, 0) is 0 Å². The summed E-state index contributed by atoms with van der Waals surface area (Å²) in [6.45, 7) is 7.56. The predicted octanol–water partition coefficient (Wildman–Crippen LogP) is 1.31. The van der Waals surface area contributed by atoms with E-state index in [1.54, 1.807) is 0 Å². The minimum absolute atomic E-state index is 0.339. The van der Waals surface area contributed by atoms with Crippen LogP contribution in [-0.4, -0.2) is 37.4 Å². The molecule has 20 heavy (non-hydrogen) atoms. The summed E-state index contributed by atoms with van der Waals surface area (Å²) in [5.74, 6) is 7.09. The Balaban J connectivity index is 2.29. The molecule has 10 heteroatoms. The fourth-order valence-electron chi connectivity index (χ4n) is 1.50. The highest BCUT2D eigenvalue weighted by Crippen LogP contribution is 2.27. The van der Waals surface area contributed by atoms with Crippen molar-refractivity contribution in [2.45, 2.75) is 30.3 Å². The monoisotopic (exact) mass is 312 g/mol. The Kier molecular flexibility index (Phi) is 5.04. The first-order valence-electron chi connectivity index (χ1n) is 6.12. The normalized spacial score (nSPS) is 10.6. The second-order valence-corrected chi connectivity index (χ2v) is 5.73. The SMILES string of the molecule is CCN(CC)c1nc(NN)nc(Sc2nc(C)ns2)n1. The minimum Gasteiger partial charge on any atom is -0.341 e.